The van der Waals surface area contributed by atoms with Gasteiger partial charge in [-0.2, -0.15) is 0 Å². The van der Waals surface area contributed by atoms with Crippen LogP contribution < -0.4 is 126 Å². The van der Waals surface area contributed by atoms with Crippen LogP contribution in [0, 0.1) is 11.8 Å². The van der Waals surface area contributed by atoms with E-state index in [9.17, 15) is 21.6 Å². The van der Waals surface area contributed by atoms with Crippen molar-refractivity contribution >= 4 is 59.9 Å². The molecule has 6 aromatic carbocycles. The summed E-state index contributed by atoms with van der Waals surface area (Å²) >= 11 is 3.39. The number of amides is 1. The first-order chi connectivity index (χ1) is 37.4. The van der Waals surface area contributed by atoms with Gasteiger partial charge in [0, 0.05) is 44.6 Å². The molecule has 422 valence electrons. The zero-order valence-corrected chi connectivity index (χ0v) is 56.7. The number of halogens is 1. The van der Waals surface area contributed by atoms with Crippen LogP contribution >= 0.6 is 15.9 Å². The van der Waals surface area contributed by atoms with E-state index in [2.05, 4.69) is 74.2 Å². The molecule has 0 bridgehead atoms. The number of rotatable bonds is 18. The van der Waals surface area contributed by atoms with Crippen LogP contribution in [-0.4, -0.2) is 108 Å². The Morgan fingerprint density at radius 2 is 1.01 bits per heavy atom. The van der Waals surface area contributed by atoms with Gasteiger partial charge in [0.1, 0.15) is 17.1 Å². The number of hydrogen-bond donors (Lipinski definition) is 0. The fourth-order valence-corrected chi connectivity index (χ4v) is 11.4. The second-order valence-corrected chi connectivity index (χ2v) is 24.6. The zero-order valence-electron chi connectivity index (χ0n) is 48.3. The SMILES string of the molecule is BrCCc1ccccc1.CC(C)(C)OC(=O)N1CCCC(CN(c2ccccc2Oc2ccccc2)S(C)(=O)=O)C1.CS(=O)(=O)N(CC1CCCN(CCc2ccccc2)C1)c1ccccc1Oc1ccccc1.O=CO[O-].[H-].[K+].[K+]. The van der Waals surface area contributed by atoms with Crippen molar-refractivity contribution < 1.29 is 155 Å². The molecule has 80 heavy (non-hydrogen) atoms. The van der Waals surface area contributed by atoms with Gasteiger partial charge in [0.05, 0.1) is 23.9 Å². The van der Waals surface area contributed by atoms with Crippen LogP contribution in [0.15, 0.2) is 170 Å². The van der Waals surface area contributed by atoms with Crippen molar-refractivity contribution in [3.63, 3.8) is 0 Å². The molecule has 1 amide bonds. The molecule has 0 aliphatic carbocycles. The molecule has 2 atom stereocenters. The normalized spacial score (nSPS) is 15.1. The summed E-state index contributed by atoms with van der Waals surface area (Å²) in [5.74, 6) is 2.57. The second kappa shape index (κ2) is 37.2. The third-order valence-corrected chi connectivity index (χ3v) is 15.1. The van der Waals surface area contributed by atoms with Gasteiger partial charge in [-0.25, -0.2) is 21.6 Å². The summed E-state index contributed by atoms with van der Waals surface area (Å²) < 4.78 is 71.8. The number of piperidine rings is 2. The summed E-state index contributed by atoms with van der Waals surface area (Å²) in [5.41, 5.74) is 3.23. The largest absolute Gasteiger partial charge is 1.00 e. The van der Waals surface area contributed by atoms with E-state index in [0.29, 0.717) is 54.0 Å². The minimum Gasteiger partial charge on any atom is -1.00 e. The molecule has 0 N–H and O–H groups in total. The summed E-state index contributed by atoms with van der Waals surface area (Å²) in [4.78, 5) is 27.9. The van der Waals surface area contributed by atoms with Crippen molar-refractivity contribution in [2.24, 2.45) is 11.8 Å². The van der Waals surface area contributed by atoms with E-state index in [1.807, 2.05) is 124 Å². The van der Waals surface area contributed by atoms with Gasteiger partial charge in [0.25, 0.3) is 6.47 Å². The first-order valence-corrected chi connectivity index (χ1v) is 30.8. The molecule has 2 aliphatic heterocycles. The molecule has 20 heteroatoms. The summed E-state index contributed by atoms with van der Waals surface area (Å²) in [5, 5.41) is 9.48. The number of aryl methyl sites for hydroxylation is 1. The minimum absolute atomic E-state index is 0. The van der Waals surface area contributed by atoms with E-state index in [0.717, 1.165) is 63.5 Å². The van der Waals surface area contributed by atoms with Crippen molar-refractivity contribution in [2.75, 3.05) is 72.3 Å². The minimum atomic E-state index is -3.58. The maximum absolute atomic E-state index is 12.9. The molecule has 8 rings (SSSR count). The second-order valence-electron chi connectivity index (χ2n) is 19.9. The molecule has 6 aromatic rings. The number of alkyl halides is 1. The Kier molecular flexibility index (Phi) is 33.1. The van der Waals surface area contributed by atoms with Crippen LogP contribution in [0.2, 0.25) is 0 Å². The van der Waals surface area contributed by atoms with Gasteiger partial charge in [-0.1, -0.05) is 137 Å². The van der Waals surface area contributed by atoms with Crippen LogP contribution in [0.1, 0.15) is 59.0 Å². The Morgan fingerprint density at radius 3 is 1.43 bits per heavy atom. The molecule has 2 unspecified atom stereocenters. The molecule has 0 aromatic heterocycles. The Labute approximate surface area is 570 Å². The topological polar surface area (TPSA) is 175 Å². The number of likely N-dealkylation sites (tertiary alicyclic amines) is 2. The molecule has 2 heterocycles. The van der Waals surface area contributed by atoms with Crippen LogP contribution in [-0.2, 0) is 47.3 Å². The van der Waals surface area contributed by atoms with Crippen molar-refractivity contribution in [1.29, 1.82) is 0 Å². The fraction of sp³-hybridized carbons (Fsp3) is 0.367. The van der Waals surface area contributed by atoms with Crippen LogP contribution in [0.3, 0.4) is 0 Å². The molecule has 0 spiro atoms. The van der Waals surface area contributed by atoms with Crippen molar-refractivity contribution in [1.82, 2.24) is 9.80 Å². The number of ether oxygens (including phenoxy) is 3. The Balaban J connectivity index is 0.000000439. The predicted octanol–water partition coefficient (Wildman–Crippen LogP) is 5.27. The summed E-state index contributed by atoms with van der Waals surface area (Å²) in [7, 11) is -7.05. The summed E-state index contributed by atoms with van der Waals surface area (Å²) in [6, 6.07) is 54.2. The number of anilines is 2. The van der Waals surface area contributed by atoms with E-state index in [1.165, 1.54) is 32.2 Å². The van der Waals surface area contributed by atoms with Crippen LogP contribution in [0.4, 0.5) is 16.2 Å². The molecule has 2 aliphatic rings. The van der Waals surface area contributed by atoms with Gasteiger partial charge < -0.3 is 35.6 Å². The Bertz CT molecular complexity index is 2940. The molecule has 2 fully saturated rings. The molecule has 0 saturated carbocycles. The molecular formula is C60H75BrK2N4O11S2. The van der Waals surface area contributed by atoms with Gasteiger partial charge in [0.15, 0.2) is 11.5 Å². The summed E-state index contributed by atoms with van der Waals surface area (Å²) in [6.07, 6.45) is 7.98. The average molecular weight is 1250 g/mol. The molecule has 2 saturated heterocycles. The zero-order chi connectivity index (χ0) is 56.4. The van der Waals surface area contributed by atoms with E-state index in [4.69, 9.17) is 24.3 Å². The number of hydrogen-bond acceptors (Lipinski definition) is 12. The Hall–Kier alpha value is -3.17. The van der Waals surface area contributed by atoms with Crippen molar-refractivity contribution in [3.8, 4) is 23.0 Å². The summed E-state index contributed by atoms with van der Waals surface area (Å²) in [6.45, 7) is 10.1. The monoisotopic (exact) mass is 1250 g/mol. The number of sulfonamides is 2. The smallest absolute Gasteiger partial charge is 1.00 e. The predicted molar refractivity (Wildman–Crippen MR) is 312 cm³/mol. The number of carbonyl (C=O) groups excluding carboxylic acids is 2. The number of carbonyl (C=O) groups is 2. The van der Waals surface area contributed by atoms with Crippen molar-refractivity contribution in [3.05, 3.63) is 181 Å². The maximum Gasteiger partial charge on any atom is 1.00 e. The molecular weight excluding hydrogens is 1170 g/mol. The van der Waals surface area contributed by atoms with Gasteiger partial charge >= 0.3 is 109 Å². The van der Waals surface area contributed by atoms with E-state index in [1.54, 1.807) is 23.1 Å². The molecule has 0 radical (unpaired) electrons. The van der Waals surface area contributed by atoms with Crippen molar-refractivity contribution in [2.45, 2.75) is 64.9 Å². The number of benzene rings is 6. The fourth-order valence-electron chi connectivity index (χ4n) is 8.92. The number of nitrogens with zero attached hydrogens (tertiary/aromatic N) is 4. The Morgan fingerprint density at radius 1 is 0.625 bits per heavy atom. The van der Waals surface area contributed by atoms with Gasteiger partial charge in [-0.15, -0.1) is 0 Å². The maximum atomic E-state index is 12.9. The third-order valence-electron chi connectivity index (χ3n) is 12.5. The molecule has 15 nitrogen and oxygen atoms in total. The van der Waals surface area contributed by atoms with E-state index in [-0.39, 0.29) is 135 Å². The van der Waals surface area contributed by atoms with Crippen LogP contribution in [0.5, 0.6) is 23.0 Å². The quantitative estimate of drug-likeness (QED) is 0.0359. The van der Waals surface area contributed by atoms with E-state index < -0.39 is 25.6 Å². The van der Waals surface area contributed by atoms with Gasteiger partial charge in [-0.3, -0.25) is 13.4 Å². The van der Waals surface area contributed by atoms with E-state index >= 15 is 0 Å². The third kappa shape index (κ3) is 26.2. The van der Waals surface area contributed by atoms with Gasteiger partial charge in [-0.05, 0) is 137 Å². The van der Waals surface area contributed by atoms with Crippen LogP contribution in [0.25, 0.3) is 0 Å². The average Bonchev–Trinajstić information content (AvgIpc) is 3.43. The van der Waals surface area contributed by atoms with Gasteiger partial charge in [0.2, 0.25) is 20.0 Å². The number of para-hydroxylation sites is 6. The first-order valence-electron chi connectivity index (χ1n) is 26.0. The standard InChI is InChI=1S/C27H32N2O3S.C24H32N2O5S.C8H9Br.CH2O3.2K.H/c1-33(30,31)29(26-16-8-9-17-27(26)32-25-14-6-3-7-15-25)22-24-13-10-19-28(21-24)20-18-23-11-4-2-5-12-23;1-24(2,3)31-23(27)25-16-10-11-19(17-25)18-26(32(4,28)29)21-14-8-9-15-22(21)30-20-12-6-5-7-13-20;9-7-6-8-4-2-1-3-5-8;2-1-4-3;;;/h2-9,11-12,14-17,24H,10,13,18-22H2,1H3;5-9,12-15,19H,10-11,16-18H2,1-4H3;1-5H,6-7H2;1,3H;;;/q;;;;2*+1;-1/p-1. The first kappa shape index (κ1) is 71.1.